The summed E-state index contributed by atoms with van der Waals surface area (Å²) in [6.45, 7) is 6.20. The lowest BCUT2D eigenvalue weighted by Gasteiger charge is -2.15. The maximum atomic E-state index is 5.53. The molecule has 1 aromatic heterocycles. The van der Waals surface area contributed by atoms with Gasteiger partial charge in [0.05, 0.1) is 25.5 Å². The van der Waals surface area contributed by atoms with Crippen molar-refractivity contribution in [3.8, 4) is 0 Å². The Morgan fingerprint density at radius 2 is 2.17 bits per heavy atom. The lowest BCUT2D eigenvalue weighted by Crippen LogP contribution is -2.33. The summed E-state index contributed by atoms with van der Waals surface area (Å²) in [5, 5.41) is 7.79. The molecule has 0 saturated carbocycles. The van der Waals surface area contributed by atoms with Gasteiger partial charge in [0.25, 0.3) is 0 Å². The number of aromatic nitrogens is 2. The van der Waals surface area contributed by atoms with Gasteiger partial charge in [-0.05, 0) is 27.0 Å². The third-order valence-corrected chi connectivity index (χ3v) is 2.81. The second-order valence-corrected chi connectivity index (χ2v) is 4.64. The van der Waals surface area contributed by atoms with E-state index in [1.54, 1.807) is 7.11 Å². The van der Waals surface area contributed by atoms with Crippen LogP contribution in [-0.4, -0.2) is 49.8 Å². The topological polar surface area (TPSA) is 48.3 Å². The van der Waals surface area contributed by atoms with Gasteiger partial charge in [0, 0.05) is 31.8 Å². The Hall–Kier alpha value is -0.910. The van der Waals surface area contributed by atoms with Crippen molar-refractivity contribution >= 4 is 0 Å². The fraction of sp³-hybridized carbons (Fsp3) is 0.769. The lowest BCUT2D eigenvalue weighted by molar-refractivity contribution is 0.0596. The van der Waals surface area contributed by atoms with Crippen molar-refractivity contribution in [1.29, 1.82) is 0 Å². The molecule has 0 aliphatic rings. The lowest BCUT2D eigenvalue weighted by atomic mass is 10.2. The smallest absolute Gasteiger partial charge is 0.0701 e. The van der Waals surface area contributed by atoms with Crippen molar-refractivity contribution in [3.63, 3.8) is 0 Å². The molecule has 18 heavy (non-hydrogen) atoms. The number of nitrogens with zero attached hydrogens (tertiary/aromatic N) is 2. The largest absolute Gasteiger partial charge is 0.382 e. The molecule has 0 aliphatic heterocycles. The molecule has 0 bridgehead atoms. The zero-order valence-corrected chi connectivity index (χ0v) is 11.8. The molecule has 0 spiro atoms. The molecule has 0 radical (unpaired) electrons. The molecule has 104 valence electrons. The minimum absolute atomic E-state index is 0.289. The number of rotatable bonds is 9. The average molecular weight is 255 g/mol. The molecule has 1 heterocycles. The fourth-order valence-corrected chi connectivity index (χ4v) is 1.64. The van der Waals surface area contributed by atoms with Crippen LogP contribution in [0.1, 0.15) is 25.6 Å². The summed E-state index contributed by atoms with van der Waals surface area (Å²) in [6, 6.07) is 2.77. The van der Waals surface area contributed by atoms with Crippen LogP contribution in [0.25, 0.3) is 0 Å². The minimum atomic E-state index is 0.289. The molecule has 0 aromatic carbocycles. The summed E-state index contributed by atoms with van der Waals surface area (Å²) in [4.78, 5) is 0. The highest BCUT2D eigenvalue weighted by Crippen LogP contribution is 2.06. The van der Waals surface area contributed by atoms with Gasteiger partial charge in [-0.15, -0.1) is 0 Å². The number of hydrogen-bond acceptors (Lipinski definition) is 4. The van der Waals surface area contributed by atoms with Crippen LogP contribution in [0.3, 0.4) is 0 Å². The van der Waals surface area contributed by atoms with Gasteiger partial charge in [-0.25, -0.2) is 0 Å². The van der Waals surface area contributed by atoms with E-state index in [2.05, 4.69) is 30.3 Å². The van der Waals surface area contributed by atoms with E-state index in [1.807, 2.05) is 17.9 Å². The number of nitrogens with one attached hydrogen (secondary N) is 1. The van der Waals surface area contributed by atoms with E-state index in [0.29, 0.717) is 25.9 Å². The summed E-state index contributed by atoms with van der Waals surface area (Å²) in [5.41, 5.74) is 1.10. The van der Waals surface area contributed by atoms with Crippen molar-refractivity contribution in [1.82, 2.24) is 15.1 Å². The first-order chi connectivity index (χ1) is 8.67. The predicted molar refractivity (Wildman–Crippen MR) is 71.9 cm³/mol. The highest BCUT2D eigenvalue weighted by Gasteiger charge is 2.10. The first-order valence-electron chi connectivity index (χ1n) is 6.45. The summed E-state index contributed by atoms with van der Waals surface area (Å²) in [6.07, 6.45) is 2.90. The SMILES string of the molecule is CNC(COCCOC)Cc1ccn(C(C)C)n1. The highest BCUT2D eigenvalue weighted by atomic mass is 16.5. The molecule has 1 N–H and O–H groups in total. The molecule has 5 heteroatoms. The van der Waals surface area contributed by atoms with E-state index < -0.39 is 0 Å². The van der Waals surface area contributed by atoms with E-state index in [9.17, 15) is 0 Å². The van der Waals surface area contributed by atoms with Gasteiger partial charge in [-0.3, -0.25) is 4.68 Å². The zero-order chi connectivity index (χ0) is 13.4. The molecule has 1 atom stereocenters. The Morgan fingerprint density at radius 1 is 1.39 bits per heavy atom. The summed E-state index contributed by atoms with van der Waals surface area (Å²) in [5.74, 6) is 0. The van der Waals surface area contributed by atoms with Gasteiger partial charge < -0.3 is 14.8 Å². The van der Waals surface area contributed by atoms with Crippen molar-refractivity contribution in [2.75, 3.05) is 34.0 Å². The van der Waals surface area contributed by atoms with Gasteiger partial charge in [0.1, 0.15) is 0 Å². The molecule has 5 nitrogen and oxygen atoms in total. The molecule has 0 aliphatic carbocycles. The van der Waals surface area contributed by atoms with Crippen molar-refractivity contribution in [2.24, 2.45) is 0 Å². The maximum Gasteiger partial charge on any atom is 0.0701 e. The standard InChI is InChI=1S/C13H25N3O2/c1-11(2)16-6-5-12(15-16)9-13(14-3)10-18-8-7-17-4/h5-6,11,13-14H,7-10H2,1-4H3. The molecule has 0 saturated heterocycles. The average Bonchev–Trinajstić information content (AvgIpc) is 2.81. The Balaban J connectivity index is 2.36. The van der Waals surface area contributed by atoms with Crippen molar-refractivity contribution in [2.45, 2.75) is 32.4 Å². The second kappa shape index (κ2) is 8.24. The summed E-state index contributed by atoms with van der Waals surface area (Å²) >= 11 is 0. The van der Waals surface area contributed by atoms with Crippen molar-refractivity contribution in [3.05, 3.63) is 18.0 Å². The first-order valence-corrected chi connectivity index (χ1v) is 6.45. The van der Waals surface area contributed by atoms with Crippen LogP contribution in [0, 0.1) is 0 Å². The summed E-state index contributed by atoms with van der Waals surface area (Å²) in [7, 11) is 3.63. The van der Waals surface area contributed by atoms with Gasteiger partial charge in [-0.1, -0.05) is 0 Å². The third kappa shape index (κ3) is 5.16. The van der Waals surface area contributed by atoms with Gasteiger partial charge in [-0.2, -0.15) is 5.10 Å². The first kappa shape index (κ1) is 15.1. The zero-order valence-electron chi connectivity index (χ0n) is 11.8. The number of ether oxygens (including phenoxy) is 2. The van der Waals surface area contributed by atoms with Gasteiger partial charge in [0.2, 0.25) is 0 Å². The normalized spacial score (nSPS) is 13.2. The molecule has 0 amide bonds. The van der Waals surface area contributed by atoms with E-state index in [0.717, 1.165) is 12.1 Å². The Labute approximate surface area is 109 Å². The molecule has 1 rings (SSSR count). The van der Waals surface area contributed by atoms with Crippen molar-refractivity contribution < 1.29 is 9.47 Å². The maximum absolute atomic E-state index is 5.53. The van der Waals surface area contributed by atoms with Crippen LogP contribution in [0.4, 0.5) is 0 Å². The second-order valence-electron chi connectivity index (χ2n) is 4.64. The fourth-order valence-electron chi connectivity index (χ4n) is 1.64. The predicted octanol–water partition coefficient (Wildman–Crippen LogP) is 1.26. The van der Waals surface area contributed by atoms with Crippen LogP contribution >= 0.6 is 0 Å². The van der Waals surface area contributed by atoms with Gasteiger partial charge >= 0.3 is 0 Å². The Morgan fingerprint density at radius 3 is 2.72 bits per heavy atom. The molecule has 1 aromatic rings. The van der Waals surface area contributed by atoms with Crippen LogP contribution < -0.4 is 5.32 Å². The van der Waals surface area contributed by atoms with E-state index in [1.165, 1.54) is 0 Å². The Kier molecular flexibility index (Phi) is 6.93. The highest BCUT2D eigenvalue weighted by molar-refractivity contribution is 5.02. The quantitative estimate of drug-likeness (QED) is 0.675. The molecule has 0 fully saturated rings. The third-order valence-electron chi connectivity index (χ3n) is 2.81. The van der Waals surface area contributed by atoms with E-state index in [4.69, 9.17) is 9.47 Å². The van der Waals surface area contributed by atoms with Crippen LogP contribution in [0.2, 0.25) is 0 Å². The molecule has 1 unspecified atom stereocenters. The van der Waals surface area contributed by atoms with Crippen LogP contribution in [-0.2, 0) is 15.9 Å². The van der Waals surface area contributed by atoms with Crippen LogP contribution in [0.15, 0.2) is 12.3 Å². The monoisotopic (exact) mass is 255 g/mol. The summed E-state index contributed by atoms with van der Waals surface area (Å²) < 4.78 is 12.5. The molecular weight excluding hydrogens is 230 g/mol. The van der Waals surface area contributed by atoms with E-state index in [-0.39, 0.29) is 6.04 Å². The Bertz CT molecular complexity index is 326. The minimum Gasteiger partial charge on any atom is -0.382 e. The number of hydrogen-bond donors (Lipinski definition) is 1. The molecular formula is C13H25N3O2. The van der Waals surface area contributed by atoms with Crippen LogP contribution in [0.5, 0.6) is 0 Å². The van der Waals surface area contributed by atoms with Gasteiger partial charge in [0.15, 0.2) is 0 Å². The van der Waals surface area contributed by atoms with E-state index >= 15 is 0 Å². The number of likely N-dealkylation sites (N-methyl/N-ethyl adjacent to an activating group) is 1. The number of methoxy groups -OCH3 is 1.